The molecule has 7 amide bonds. The van der Waals surface area contributed by atoms with E-state index in [4.69, 9.17) is 75.2 Å². The molecule has 5 rings (SSSR count). The number of epoxide rings is 1. The fourth-order valence-electron chi connectivity index (χ4n) is 12.2. The Balaban J connectivity index is 0.000000587. The van der Waals surface area contributed by atoms with Crippen LogP contribution in [-0.2, 0) is 105 Å². The van der Waals surface area contributed by atoms with Crippen molar-refractivity contribution in [3.63, 3.8) is 0 Å². The molecular formula is C78H121ClN8O22. The van der Waals surface area contributed by atoms with E-state index in [0.717, 1.165) is 27.8 Å². The zero-order valence-corrected chi connectivity index (χ0v) is 66.8. The number of fused-ring (bicyclic) bond motifs is 5. The first-order valence-corrected chi connectivity index (χ1v) is 37.9. The number of ether oxygens (including phenoxy) is 11. The molecule has 3 aliphatic heterocycles. The number of nitrogens with two attached hydrogens (primary N) is 2. The van der Waals surface area contributed by atoms with Crippen molar-refractivity contribution in [3.05, 3.63) is 87.5 Å². The van der Waals surface area contributed by atoms with E-state index in [9.17, 15) is 53.1 Å². The largest absolute Gasteiger partial charge is 0.457 e. The molecule has 0 saturated carbocycles. The summed E-state index contributed by atoms with van der Waals surface area (Å²) in [6.45, 7) is 20.6. The van der Waals surface area contributed by atoms with Gasteiger partial charge in [-0.15, -0.1) is 0 Å². The summed E-state index contributed by atoms with van der Waals surface area (Å²) < 4.78 is 61.8. The molecule has 109 heavy (non-hydrogen) atoms. The quantitative estimate of drug-likeness (QED) is 0.0171. The zero-order chi connectivity index (χ0) is 80.8. The first kappa shape index (κ1) is 93.9. The SMILES string of the molecule is CNC(=O)[C@@H](CC(=O)CCOCCOCCOCCOCCOCCOCCCC(=O)CN)C(C)C.CO[C@@H]1/C=C/C=C(\C)Cc2cc(C)c(Cl)c(c2)N(C)C(=O)C[C@H](OC(=O)[C@H](C)N(C)C(=O)CCCN(C)C(=O)OCc2ccc(CC(=O)[C@@H](C)CCCNC(N)=O)cc2)[C@]2(C)OC2[C@H](C)[C@@H]2C[C@]1(O)NC(=O)O2. The molecule has 0 aliphatic carbocycles. The van der Waals surface area contributed by atoms with Gasteiger partial charge in [0, 0.05) is 111 Å². The van der Waals surface area contributed by atoms with Crippen LogP contribution in [0, 0.1) is 30.6 Å². The maximum atomic E-state index is 14.3. The Morgan fingerprint density at radius 2 is 1.41 bits per heavy atom. The van der Waals surface area contributed by atoms with E-state index in [-0.39, 0.29) is 99.2 Å². The number of carbonyl (C=O) groups excluding carboxylic acids is 10. The van der Waals surface area contributed by atoms with Gasteiger partial charge in [0.25, 0.3) is 0 Å². The topological polar surface area (TPSA) is 394 Å². The number of methoxy groups -OCH3 is 1. The standard InChI is InChI=1S/C53H73ClN6O13.C25H48N2O9/c1-31-14-11-16-42(69-10)53(68)29-41(71-50(66)57-53)34(4)47-52(6,73-47)43(28-45(63)60(9)39-26-38(24-31)25-33(3)46(39)54)72-48(64)35(5)59(8)44(62)17-13-23-58(7)51(67)70-30-37-20-18-36(19-21-37)27-40(61)32(2)15-12-22-56-49(55)65;1-21(2)24(25(30)27-3)19-22(28)6-8-32-10-12-34-14-16-36-18-17-35-15-13-33-11-9-31-7-4-5-23(29)20-26/h11,14,16,18-21,25-26,32,34-35,41-43,47,68H,12-13,15,17,22-24,27-30H2,1-10H3,(H,57,66)(H3,55,56,65);21,24H,4-20,26H2,1-3H3,(H,27,30)/b16-11+,31-14+;/t32-,34+,35-,41-,42+,43-,47?,52-,53+;24-/m00/s1. The molecule has 3 aliphatic rings. The number of halogens is 1. The van der Waals surface area contributed by atoms with Crippen LogP contribution in [0.5, 0.6) is 0 Å². The van der Waals surface area contributed by atoms with Crippen molar-refractivity contribution in [2.24, 2.45) is 35.1 Å². The molecule has 2 aromatic rings. The van der Waals surface area contributed by atoms with Crippen LogP contribution in [-0.4, -0.2) is 250 Å². The third kappa shape index (κ3) is 33.2. The second kappa shape index (κ2) is 49.0. The van der Waals surface area contributed by atoms with Gasteiger partial charge in [-0.3, -0.25) is 34.1 Å². The third-order valence-electron chi connectivity index (χ3n) is 19.3. The predicted molar refractivity (Wildman–Crippen MR) is 407 cm³/mol. The number of aliphatic hydroxyl groups is 1. The fourth-order valence-corrected chi connectivity index (χ4v) is 12.4. The van der Waals surface area contributed by atoms with Crippen molar-refractivity contribution in [1.82, 2.24) is 25.8 Å². The number of carbonyl (C=O) groups is 10. The molecular weight excluding hydrogens is 1440 g/mol. The number of allylic oxidation sites excluding steroid dienone is 3. The van der Waals surface area contributed by atoms with Crippen LogP contribution >= 0.6 is 11.6 Å². The van der Waals surface area contributed by atoms with Crippen LogP contribution in [0.2, 0.25) is 5.02 Å². The molecule has 0 radical (unpaired) electrons. The number of nitrogens with zero attached hydrogens (tertiary/aromatic N) is 3. The lowest BCUT2D eigenvalue weighted by atomic mass is 9.83. The lowest BCUT2D eigenvalue weighted by Gasteiger charge is -2.42. The summed E-state index contributed by atoms with van der Waals surface area (Å²) in [4.78, 5) is 130. The summed E-state index contributed by atoms with van der Waals surface area (Å²) in [6.07, 6.45) is 3.55. The monoisotopic (exact) mass is 1560 g/mol. The van der Waals surface area contributed by atoms with Gasteiger partial charge in [0.1, 0.15) is 53.9 Å². The number of benzene rings is 2. The van der Waals surface area contributed by atoms with E-state index in [1.165, 1.54) is 35.8 Å². The van der Waals surface area contributed by atoms with E-state index in [2.05, 4.69) is 16.0 Å². The van der Waals surface area contributed by atoms with Gasteiger partial charge in [-0.1, -0.05) is 93.4 Å². The maximum Gasteiger partial charge on any atom is 0.409 e. The second-order valence-electron chi connectivity index (χ2n) is 28.4. The van der Waals surface area contributed by atoms with Gasteiger partial charge in [0.2, 0.25) is 17.7 Å². The van der Waals surface area contributed by atoms with Crippen molar-refractivity contribution >= 4 is 76.5 Å². The molecule has 1 unspecified atom stereocenters. The van der Waals surface area contributed by atoms with Crippen molar-refractivity contribution in [2.45, 2.75) is 181 Å². The summed E-state index contributed by atoms with van der Waals surface area (Å²) in [5.41, 5.74) is 11.8. The molecule has 4 bridgehead atoms. The van der Waals surface area contributed by atoms with Gasteiger partial charge in [-0.25, -0.2) is 19.2 Å². The Labute approximate surface area is 647 Å². The molecule has 0 aromatic heterocycles. The van der Waals surface area contributed by atoms with E-state index in [1.807, 2.05) is 65.0 Å². The van der Waals surface area contributed by atoms with E-state index < -0.39 is 83.7 Å². The maximum absolute atomic E-state index is 14.3. The van der Waals surface area contributed by atoms with Crippen molar-refractivity contribution < 1.29 is 105 Å². The van der Waals surface area contributed by atoms with Gasteiger partial charge in [0.15, 0.2) is 5.72 Å². The van der Waals surface area contributed by atoms with Gasteiger partial charge in [-0.2, -0.15) is 0 Å². The number of likely N-dealkylation sites (N-methyl/N-ethyl adjacent to an activating group) is 1. The third-order valence-corrected chi connectivity index (χ3v) is 19.8. The lowest BCUT2D eigenvalue weighted by molar-refractivity contribution is -0.162. The zero-order valence-electron chi connectivity index (χ0n) is 66.1. The minimum atomic E-state index is -1.86. The number of amides is 7. The average Bonchev–Trinajstić information content (AvgIpc) is 1.57. The Bertz CT molecular complexity index is 3310. The molecule has 0 spiro atoms. The number of ketones is 3. The molecule has 612 valence electrons. The summed E-state index contributed by atoms with van der Waals surface area (Å²) in [5, 5.41) is 19.9. The van der Waals surface area contributed by atoms with Gasteiger partial charge >= 0.3 is 24.2 Å². The summed E-state index contributed by atoms with van der Waals surface area (Å²) >= 11 is 6.82. The minimum Gasteiger partial charge on any atom is -0.457 e. The highest BCUT2D eigenvalue weighted by Gasteiger charge is 2.64. The minimum absolute atomic E-state index is 0.00574. The highest BCUT2D eigenvalue weighted by atomic mass is 35.5. The first-order chi connectivity index (χ1) is 51.8. The van der Waals surface area contributed by atoms with Crippen LogP contribution in [0.1, 0.15) is 135 Å². The number of alkyl carbamates (subject to hydrolysis) is 1. The summed E-state index contributed by atoms with van der Waals surface area (Å²) in [6, 6.07) is 9.27. The molecule has 2 saturated heterocycles. The number of aryl methyl sites for hydroxylation is 1. The fraction of sp³-hybridized carbons (Fsp3) is 0.667. The number of hydrogen-bond donors (Lipinski definition) is 6. The van der Waals surface area contributed by atoms with Gasteiger partial charge in [-0.05, 0) is 94.0 Å². The van der Waals surface area contributed by atoms with Crippen LogP contribution in [0.4, 0.5) is 20.1 Å². The van der Waals surface area contributed by atoms with E-state index in [1.54, 1.807) is 59.3 Å². The van der Waals surface area contributed by atoms with Crippen LogP contribution in [0.3, 0.4) is 0 Å². The number of esters is 1. The second-order valence-corrected chi connectivity index (χ2v) is 28.7. The van der Waals surface area contributed by atoms with E-state index in [0.29, 0.717) is 135 Å². The van der Waals surface area contributed by atoms with Gasteiger partial charge < -0.3 is 94.0 Å². The van der Waals surface area contributed by atoms with Crippen LogP contribution in [0.25, 0.3) is 0 Å². The van der Waals surface area contributed by atoms with Crippen molar-refractivity contribution in [2.75, 3.05) is 139 Å². The van der Waals surface area contributed by atoms with Crippen molar-refractivity contribution in [1.29, 1.82) is 0 Å². The molecule has 10 atom stereocenters. The number of nitrogens with one attached hydrogen (secondary N) is 3. The smallest absolute Gasteiger partial charge is 0.409 e. The molecule has 2 fully saturated rings. The predicted octanol–water partition coefficient (Wildman–Crippen LogP) is 6.82. The molecule has 30 nitrogen and oxygen atoms in total. The Morgan fingerprint density at radius 3 is 1.99 bits per heavy atom. The number of Topliss-reactive ketones (excluding diaryl/α,β-unsaturated/α-hetero) is 3. The highest BCUT2D eigenvalue weighted by Crippen LogP contribution is 2.49. The molecule has 8 N–H and O–H groups in total. The molecule has 31 heteroatoms. The molecule has 2 aromatic carbocycles. The number of hydrogen-bond acceptors (Lipinski definition) is 23. The Kier molecular flexibility index (Phi) is 42.2. The Hall–Kier alpha value is -7.49. The van der Waals surface area contributed by atoms with E-state index >= 15 is 0 Å². The Morgan fingerprint density at radius 1 is 0.817 bits per heavy atom. The number of rotatable bonds is 44. The number of urea groups is 1. The molecule has 3 heterocycles. The number of primary amides is 1. The highest BCUT2D eigenvalue weighted by molar-refractivity contribution is 6.34. The first-order valence-electron chi connectivity index (χ1n) is 37.5. The van der Waals surface area contributed by atoms with Crippen molar-refractivity contribution in [3.8, 4) is 0 Å². The number of anilines is 1. The summed E-state index contributed by atoms with van der Waals surface area (Å²) in [7, 11) is 7.62. The summed E-state index contributed by atoms with van der Waals surface area (Å²) in [5.74, 6) is -2.52. The van der Waals surface area contributed by atoms with Crippen LogP contribution in [0.15, 0.2) is 60.2 Å². The lowest BCUT2D eigenvalue weighted by Crippen LogP contribution is -2.63. The van der Waals surface area contributed by atoms with Crippen LogP contribution < -0.4 is 32.3 Å². The normalized spacial score (nSPS) is 21.5. The average molecular weight is 1560 g/mol. The van der Waals surface area contributed by atoms with Gasteiger partial charge in [0.05, 0.1) is 102 Å².